The van der Waals surface area contributed by atoms with Crippen molar-refractivity contribution in [3.63, 3.8) is 0 Å². The van der Waals surface area contributed by atoms with Crippen molar-refractivity contribution in [3.05, 3.63) is 29.8 Å². The molecule has 0 saturated heterocycles. The van der Waals surface area contributed by atoms with Crippen molar-refractivity contribution in [1.82, 2.24) is 0 Å². The number of carbonyl (C=O) groups excluding carboxylic acids is 1. The normalized spacial score (nSPS) is 37.2. The maximum atomic E-state index is 12.1. The van der Waals surface area contributed by atoms with E-state index in [1.54, 1.807) is 6.07 Å². The first-order valence-electron chi connectivity index (χ1n) is 6.72. The first kappa shape index (κ1) is 11.8. The Bertz CT molecular complexity index is 518. The van der Waals surface area contributed by atoms with Crippen LogP contribution in [0.4, 0.5) is 0 Å². The summed E-state index contributed by atoms with van der Waals surface area (Å²) in [6, 6.07) is 7.52. The third-order valence-electron chi connectivity index (χ3n) is 5.79. The zero-order chi connectivity index (χ0) is 13.1. The molecule has 0 heterocycles. The quantitative estimate of drug-likeness (QED) is 0.823. The number of hydrogen-bond donors (Lipinski definition) is 1. The van der Waals surface area contributed by atoms with Gasteiger partial charge in [-0.05, 0) is 23.8 Å². The molecule has 96 valence electrons. The summed E-state index contributed by atoms with van der Waals surface area (Å²) in [6.07, 6.45) is 1.74. The van der Waals surface area contributed by atoms with Crippen LogP contribution in [0.5, 0.6) is 5.75 Å². The number of fused-ring (bicyclic) bond motifs is 2. The highest BCUT2D eigenvalue weighted by atomic mass is 16.3. The summed E-state index contributed by atoms with van der Waals surface area (Å²) in [4.78, 5) is 12.1. The molecule has 0 radical (unpaired) electrons. The minimum atomic E-state index is -0.168. The number of ketones is 1. The highest BCUT2D eigenvalue weighted by molar-refractivity contribution is 5.86. The Morgan fingerprint density at radius 1 is 1.28 bits per heavy atom. The Balaban J connectivity index is 2.18. The topological polar surface area (TPSA) is 37.3 Å². The van der Waals surface area contributed by atoms with E-state index >= 15 is 0 Å². The van der Waals surface area contributed by atoms with Gasteiger partial charge in [0.2, 0.25) is 0 Å². The van der Waals surface area contributed by atoms with Crippen LogP contribution in [-0.4, -0.2) is 10.9 Å². The average molecular weight is 244 g/mol. The molecule has 3 aliphatic carbocycles. The fraction of sp³-hybridized carbons (Fsp3) is 0.562. The predicted octanol–water partition coefficient (Wildman–Crippen LogP) is 3.29. The summed E-state index contributed by atoms with van der Waals surface area (Å²) in [6.45, 7) is 6.53. The zero-order valence-electron chi connectivity index (χ0n) is 11.2. The molecule has 1 aromatic rings. The minimum Gasteiger partial charge on any atom is -0.508 e. The number of hydrogen-bond acceptors (Lipinski definition) is 2. The highest BCUT2D eigenvalue weighted by Gasteiger charge is 2.68. The van der Waals surface area contributed by atoms with E-state index in [-0.39, 0.29) is 16.7 Å². The first-order valence-corrected chi connectivity index (χ1v) is 6.72. The van der Waals surface area contributed by atoms with Gasteiger partial charge in [-0.15, -0.1) is 0 Å². The van der Waals surface area contributed by atoms with Gasteiger partial charge < -0.3 is 5.11 Å². The van der Waals surface area contributed by atoms with Crippen molar-refractivity contribution < 1.29 is 9.90 Å². The molecule has 2 nitrogen and oxygen atoms in total. The molecule has 3 atom stereocenters. The van der Waals surface area contributed by atoms with Gasteiger partial charge in [0.05, 0.1) is 0 Å². The summed E-state index contributed by atoms with van der Waals surface area (Å²) in [5, 5.41) is 10.2. The number of para-hydroxylation sites is 1. The Labute approximate surface area is 108 Å². The molecule has 3 fully saturated rings. The summed E-state index contributed by atoms with van der Waals surface area (Å²) >= 11 is 0. The minimum absolute atomic E-state index is 0.00537. The summed E-state index contributed by atoms with van der Waals surface area (Å²) in [5.41, 5.74) is 0.893. The molecular weight excluding hydrogens is 224 g/mol. The SMILES string of the molecule is CC1C(=O)CC2CC1(c1ccccc1O)C2(C)C. The van der Waals surface area contributed by atoms with Crippen LogP contribution < -0.4 is 0 Å². The zero-order valence-corrected chi connectivity index (χ0v) is 11.2. The lowest BCUT2D eigenvalue weighted by Crippen LogP contribution is -2.67. The molecule has 3 saturated carbocycles. The molecule has 0 aromatic heterocycles. The molecular formula is C16H20O2. The molecule has 18 heavy (non-hydrogen) atoms. The van der Waals surface area contributed by atoms with Crippen LogP contribution in [0.2, 0.25) is 0 Å². The first-order chi connectivity index (χ1) is 8.41. The van der Waals surface area contributed by atoms with Gasteiger partial charge in [0.15, 0.2) is 0 Å². The lowest BCUT2D eigenvalue weighted by molar-refractivity contribution is -0.164. The van der Waals surface area contributed by atoms with Crippen LogP contribution in [0.15, 0.2) is 24.3 Å². The Hall–Kier alpha value is -1.31. The fourth-order valence-corrected chi connectivity index (χ4v) is 4.44. The van der Waals surface area contributed by atoms with Gasteiger partial charge >= 0.3 is 0 Å². The summed E-state index contributed by atoms with van der Waals surface area (Å²) in [7, 11) is 0. The Morgan fingerprint density at radius 3 is 2.56 bits per heavy atom. The number of carbonyl (C=O) groups is 1. The predicted molar refractivity (Wildman–Crippen MR) is 70.5 cm³/mol. The summed E-state index contributed by atoms with van der Waals surface area (Å²) in [5.74, 6) is 1.17. The van der Waals surface area contributed by atoms with Gasteiger partial charge in [-0.3, -0.25) is 4.79 Å². The van der Waals surface area contributed by atoms with Crippen LogP contribution in [-0.2, 0) is 10.2 Å². The van der Waals surface area contributed by atoms with Crippen molar-refractivity contribution in [1.29, 1.82) is 0 Å². The third-order valence-corrected chi connectivity index (χ3v) is 5.79. The molecule has 3 unspecified atom stereocenters. The number of phenols is 1. The van der Waals surface area contributed by atoms with E-state index in [1.165, 1.54) is 0 Å². The van der Waals surface area contributed by atoms with Crippen molar-refractivity contribution >= 4 is 5.78 Å². The third kappa shape index (κ3) is 1.12. The lowest BCUT2D eigenvalue weighted by atomic mass is 9.35. The van der Waals surface area contributed by atoms with Crippen molar-refractivity contribution in [2.45, 2.75) is 39.0 Å². The number of benzene rings is 1. The van der Waals surface area contributed by atoms with E-state index < -0.39 is 0 Å². The van der Waals surface area contributed by atoms with Gasteiger partial charge in [0, 0.05) is 23.3 Å². The second-order valence-electron chi connectivity index (χ2n) is 6.50. The number of Topliss-reactive ketones (excluding diaryl/α,β-unsaturated/α-hetero) is 1. The number of aromatic hydroxyl groups is 1. The van der Waals surface area contributed by atoms with Gasteiger partial charge in [-0.25, -0.2) is 0 Å². The molecule has 3 aliphatic rings. The lowest BCUT2D eigenvalue weighted by Gasteiger charge is -2.68. The molecule has 4 rings (SSSR count). The maximum Gasteiger partial charge on any atom is 0.136 e. The van der Waals surface area contributed by atoms with E-state index in [0.717, 1.165) is 12.0 Å². The van der Waals surface area contributed by atoms with E-state index in [2.05, 4.69) is 13.8 Å². The molecule has 1 N–H and O–H groups in total. The monoisotopic (exact) mass is 244 g/mol. The standard InChI is InChI=1S/C16H20O2/c1-10-14(18)8-11-9-16(10,15(11,2)3)12-6-4-5-7-13(12)17/h4-7,10-11,17H,8-9H2,1-3H3. The molecule has 2 bridgehead atoms. The van der Waals surface area contributed by atoms with Gasteiger partial charge in [-0.2, -0.15) is 0 Å². The second-order valence-corrected chi connectivity index (χ2v) is 6.50. The molecule has 0 spiro atoms. The van der Waals surface area contributed by atoms with Gasteiger partial charge in [0.1, 0.15) is 11.5 Å². The van der Waals surface area contributed by atoms with Crippen molar-refractivity contribution in [2.24, 2.45) is 17.3 Å². The van der Waals surface area contributed by atoms with Crippen LogP contribution >= 0.6 is 0 Å². The van der Waals surface area contributed by atoms with E-state index in [4.69, 9.17) is 0 Å². The molecule has 1 aromatic carbocycles. The van der Waals surface area contributed by atoms with E-state index in [1.807, 2.05) is 25.1 Å². The number of phenolic OH excluding ortho intramolecular Hbond substituents is 1. The Morgan fingerprint density at radius 2 is 1.94 bits per heavy atom. The molecule has 0 amide bonds. The van der Waals surface area contributed by atoms with Crippen LogP contribution in [0.1, 0.15) is 39.2 Å². The van der Waals surface area contributed by atoms with E-state index in [0.29, 0.717) is 23.9 Å². The van der Waals surface area contributed by atoms with Crippen LogP contribution in [0, 0.1) is 17.3 Å². The van der Waals surface area contributed by atoms with Crippen LogP contribution in [0.25, 0.3) is 0 Å². The smallest absolute Gasteiger partial charge is 0.136 e. The largest absolute Gasteiger partial charge is 0.508 e. The number of rotatable bonds is 1. The van der Waals surface area contributed by atoms with Crippen molar-refractivity contribution in [2.75, 3.05) is 0 Å². The summed E-state index contributed by atoms with van der Waals surface area (Å²) < 4.78 is 0. The highest BCUT2D eigenvalue weighted by Crippen LogP contribution is 2.70. The molecule has 2 heteroatoms. The van der Waals surface area contributed by atoms with Crippen LogP contribution in [0.3, 0.4) is 0 Å². The van der Waals surface area contributed by atoms with E-state index in [9.17, 15) is 9.90 Å². The fourth-order valence-electron chi connectivity index (χ4n) is 4.44. The Kier molecular flexibility index (Phi) is 2.20. The average Bonchev–Trinajstić information content (AvgIpc) is 2.33. The maximum absolute atomic E-state index is 12.1. The second kappa shape index (κ2) is 3.37. The van der Waals surface area contributed by atoms with Gasteiger partial charge in [-0.1, -0.05) is 39.0 Å². The molecule has 0 aliphatic heterocycles. The van der Waals surface area contributed by atoms with Crippen molar-refractivity contribution in [3.8, 4) is 5.75 Å². The van der Waals surface area contributed by atoms with Gasteiger partial charge in [0.25, 0.3) is 0 Å².